The Hall–Kier alpha value is -3.88. The van der Waals surface area contributed by atoms with Crippen LogP contribution in [0, 0.1) is 0 Å². The van der Waals surface area contributed by atoms with E-state index in [2.05, 4.69) is 4.98 Å². The quantitative estimate of drug-likeness (QED) is 0.161. The zero-order valence-corrected chi connectivity index (χ0v) is 22.9. The van der Waals surface area contributed by atoms with E-state index in [4.69, 9.17) is 21.1 Å². The topological polar surface area (TPSA) is 89.0 Å². The lowest BCUT2D eigenvalue weighted by Crippen LogP contribution is -2.29. The van der Waals surface area contributed by atoms with Crippen molar-refractivity contribution in [2.75, 3.05) is 11.5 Å². The molecule has 39 heavy (non-hydrogen) atoms. The van der Waals surface area contributed by atoms with Gasteiger partial charge in [0.05, 0.1) is 28.4 Å². The minimum Gasteiger partial charge on any atom is -0.507 e. The van der Waals surface area contributed by atoms with E-state index in [1.807, 2.05) is 38.1 Å². The predicted molar refractivity (Wildman–Crippen MR) is 152 cm³/mol. The molecule has 0 unspecified atom stereocenters. The molecule has 1 aromatic heterocycles. The summed E-state index contributed by atoms with van der Waals surface area (Å²) in [6.45, 7) is 4.52. The summed E-state index contributed by atoms with van der Waals surface area (Å²) in [5.74, 6) is -0.415. The third-order valence-corrected chi connectivity index (χ3v) is 8.06. The molecule has 1 N–H and O–H groups in total. The molecule has 2 aliphatic heterocycles. The summed E-state index contributed by atoms with van der Waals surface area (Å²) in [5, 5.41) is 12.5. The van der Waals surface area contributed by atoms with Crippen LogP contribution in [-0.2, 0) is 16.0 Å². The second kappa shape index (κ2) is 10.0. The number of nitrogens with zero attached hydrogens (tertiary/aromatic N) is 2. The van der Waals surface area contributed by atoms with Crippen LogP contribution in [0.2, 0.25) is 5.02 Å². The van der Waals surface area contributed by atoms with Gasteiger partial charge in [0.25, 0.3) is 5.78 Å². The number of thiazole rings is 1. The molecular weight excluding hydrogens is 536 g/mol. The van der Waals surface area contributed by atoms with E-state index >= 15 is 0 Å². The number of aliphatic hydroxyl groups excluding tert-OH is 1. The molecule has 0 aliphatic carbocycles. The normalized spacial score (nSPS) is 19.9. The Balaban J connectivity index is 1.52. The first kappa shape index (κ1) is 25.4. The van der Waals surface area contributed by atoms with Crippen molar-refractivity contribution in [2.45, 2.75) is 38.8 Å². The Morgan fingerprint density at radius 2 is 2.03 bits per heavy atom. The molecular formula is C30H25ClN2O5S. The second-order valence-corrected chi connectivity index (χ2v) is 11.1. The van der Waals surface area contributed by atoms with Gasteiger partial charge in [-0.1, -0.05) is 42.0 Å². The van der Waals surface area contributed by atoms with Gasteiger partial charge in [-0.15, -0.1) is 0 Å². The van der Waals surface area contributed by atoms with Crippen LogP contribution < -0.4 is 14.4 Å². The Morgan fingerprint density at radius 1 is 1.18 bits per heavy atom. The number of carbonyl (C=O) groups is 2. The van der Waals surface area contributed by atoms with Crippen LogP contribution in [0.25, 0.3) is 16.0 Å². The van der Waals surface area contributed by atoms with E-state index in [0.29, 0.717) is 45.6 Å². The van der Waals surface area contributed by atoms with Crippen molar-refractivity contribution < 1.29 is 24.2 Å². The fourth-order valence-electron chi connectivity index (χ4n) is 5.05. The van der Waals surface area contributed by atoms with Crippen LogP contribution in [0.15, 0.2) is 66.2 Å². The summed E-state index contributed by atoms with van der Waals surface area (Å²) in [7, 11) is 0. The first-order valence-electron chi connectivity index (χ1n) is 12.7. The molecule has 0 radical (unpaired) electrons. The predicted octanol–water partition coefficient (Wildman–Crippen LogP) is 6.69. The molecule has 1 saturated heterocycles. The number of fused-ring (bicyclic) bond motifs is 2. The Morgan fingerprint density at radius 3 is 2.85 bits per heavy atom. The summed E-state index contributed by atoms with van der Waals surface area (Å²) >= 11 is 7.45. The summed E-state index contributed by atoms with van der Waals surface area (Å²) in [5.41, 5.74) is 2.67. The highest BCUT2D eigenvalue weighted by Crippen LogP contribution is 2.45. The number of ketones is 1. The van der Waals surface area contributed by atoms with Gasteiger partial charge in [-0.3, -0.25) is 14.5 Å². The Labute approximate surface area is 234 Å². The monoisotopic (exact) mass is 560 g/mol. The van der Waals surface area contributed by atoms with E-state index in [-0.39, 0.29) is 17.4 Å². The van der Waals surface area contributed by atoms with Crippen molar-refractivity contribution in [3.8, 4) is 11.5 Å². The van der Waals surface area contributed by atoms with E-state index in [9.17, 15) is 14.7 Å². The first-order chi connectivity index (χ1) is 18.8. The van der Waals surface area contributed by atoms with Gasteiger partial charge >= 0.3 is 5.91 Å². The maximum absolute atomic E-state index is 13.6. The van der Waals surface area contributed by atoms with Gasteiger partial charge < -0.3 is 14.6 Å². The SMILES string of the molecule is CCCOc1cccc([C@@H]2/C(=C(\O)c3ccc4c(c3)C[C@H](C)O4)C(=O)C(=O)N2c2nc3ccc(Cl)cc3s2)c1. The second-order valence-electron chi connectivity index (χ2n) is 9.65. The molecule has 2 aliphatic rings. The largest absolute Gasteiger partial charge is 0.507 e. The molecule has 0 saturated carbocycles. The average Bonchev–Trinajstić information content (AvgIpc) is 3.59. The van der Waals surface area contributed by atoms with Gasteiger partial charge in [-0.05, 0) is 73.0 Å². The van der Waals surface area contributed by atoms with Crippen LogP contribution >= 0.6 is 22.9 Å². The van der Waals surface area contributed by atoms with Crippen LogP contribution in [-0.4, -0.2) is 34.5 Å². The number of amides is 1. The van der Waals surface area contributed by atoms with Crippen molar-refractivity contribution in [1.29, 1.82) is 0 Å². The molecule has 4 aromatic rings. The standard InChI is InChI=1S/C30H25ClN2O5S/c1-3-11-37-21-6-4-5-17(14-21)26-25(27(34)18-7-10-23-19(13-18)12-16(2)38-23)28(35)29(36)33(26)30-32-22-9-8-20(31)15-24(22)39-30/h4-10,13-16,26,34H,3,11-12H2,1-2H3/b27-25+/t16-,26+/m0/s1. The molecule has 9 heteroatoms. The number of benzene rings is 3. The fraction of sp³-hybridized carbons (Fsp3) is 0.233. The van der Waals surface area contributed by atoms with E-state index < -0.39 is 17.7 Å². The molecule has 0 bridgehead atoms. The van der Waals surface area contributed by atoms with Gasteiger partial charge in [-0.2, -0.15) is 0 Å². The minimum absolute atomic E-state index is 0.00292. The molecule has 198 valence electrons. The van der Waals surface area contributed by atoms with Crippen molar-refractivity contribution in [2.24, 2.45) is 0 Å². The van der Waals surface area contributed by atoms with Crippen LogP contribution in [0.5, 0.6) is 11.5 Å². The lowest BCUT2D eigenvalue weighted by Gasteiger charge is -2.23. The Kier molecular flexibility index (Phi) is 6.53. The van der Waals surface area contributed by atoms with Crippen molar-refractivity contribution >= 4 is 55.7 Å². The maximum atomic E-state index is 13.6. The zero-order chi connectivity index (χ0) is 27.3. The molecule has 2 atom stereocenters. The minimum atomic E-state index is -0.908. The Bertz CT molecular complexity index is 1660. The highest BCUT2D eigenvalue weighted by molar-refractivity contribution is 7.22. The van der Waals surface area contributed by atoms with Gasteiger partial charge in [0, 0.05) is 17.0 Å². The van der Waals surface area contributed by atoms with Crippen LogP contribution in [0.3, 0.4) is 0 Å². The highest BCUT2D eigenvalue weighted by atomic mass is 35.5. The number of anilines is 1. The molecule has 1 fully saturated rings. The summed E-state index contributed by atoms with van der Waals surface area (Å²) in [4.78, 5) is 33.2. The lowest BCUT2D eigenvalue weighted by molar-refractivity contribution is -0.132. The molecule has 6 rings (SSSR count). The number of halogens is 1. The van der Waals surface area contributed by atoms with E-state index in [0.717, 1.165) is 22.4 Å². The van der Waals surface area contributed by atoms with Gasteiger partial charge in [0.15, 0.2) is 5.13 Å². The molecule has 1 amide bonds. The van der Waals surface area contributed by atoms with Crippen molar-refractivity contribution in [3.05, 3.63) is 87.9 Å². The summed E-state index contributed by atoms with van der Waals surface area (Å²) < 4.78 is 12.4. The third-order valence-electron chi connectivity index (χ3n) is 6.81. The summed E-state index contributed by atoms with van der Waals surface area (Å²) in [6.07, 6.45) is 1.55. The number of ether oxygens (including phenoxy) is 2. The number of Topliss-reactive ketones (excluding diaryl/α,β-unsaturated/α-hetero) is 1. The number of rotatable bonds is 6. The molecule has 0 spiro atoms. The summed E-state index contributed by atoms with van der Waals surface area (Å²) in [6, 6.07) is 16.9. The van der Waals surface area contributed by atoms with Crippen LogP contribution in [0.1, 0.15) is 43.0 Å². The average molecular weight is 561 g/mol. The number of aliphatic hydroxyl groups is 1. The molecule has 3 heterocycles. The number of carbonyl (C=O) groups excluding carboxylic acids is 2. The van der Waals surface area contributed by atoms with E-state index in [1.54, 1.807) is 36.4 Å². The fourth-order valence-corrected chi connectivity index (χ4v) is 6.32. The third kappa shape index (κ3) is 4.53. The van der Waals surface area contributed by atoms with Crippen molar-refractivity contribution in [3.63, 3.8) is 0 Å². The lowest BCUT2D eigenvalue weighted by atomic mass is 9.94. The molecule has 7 nitrogen and oxygen atoms in total. The van der Waals surface area contributed by atoms with Crippen molar-refractivity contribution in [1.82, 2.24) is 4.98 Å². The molecule has 3 aromatic carbocycles. The number of hydrogen-bond acceptors (Lipinski definition) is 7. The van der Waals surface area contributed by atoms with Gasteiger partial charge in [-0.25, -0.2) is 4.98 Å². The highest BCUT2D eigenvalue weighted by Gasteiger charge is 2.48. The zero-order valence-electron chi connectivity index (χ0n) is 21.3. The number of hydrogen-bond donors (Lipinski definition) is 1. The van der Waals surface area contributed by atoms with Gasteiger partial charge in [0.2, 0.25) is 0 Å². The first-order valence-corrected chi connectivity index (χ1v) is 13.9. The van der Waals surface area contributed by atoms with Gasteiger partial charge in [0.1, 0.15) is 23.4 Å². The maximum Gasteiger partial charge on any atom is 0.301 e. The number of aromatic nitrogens is 1. The van der Waals surface area contributed by atoms with Crippen LogP contribution in [0.4, 0.5) is 5.13 Å². The van der Waals surface area contributed by atoms with E-state index in [1.165, 1.54) is 16.2 Å². The smallest absolute Gasteiger partial charge is 0.301 e.